The predicted molar refractivity (Wildman–Crippen MR) is 51.6 cm³/mol. The summed E-state index contributed by atoms with van der Waals surface area (Å²) >= 11 is 3.27. The first-order chi connectivity index (χ1) is 5.83. The Kier molecular flexibility index (Phi) is 4.11. The summed E-state index contributed by atoms with van der Waals surface area (Å²) in [4.78, 5) is 0. The van der Waals surface area contributed by atoms with Crippen LogP contribution in [-0.4, -0.2) is 17.0 Å². The second kappa shape index (κ2) is 5.17. The van der Waals surface area contributed by atoms with Crippen LogP contribution < -0.4 is 0 Å². The molecule has 0 aliphatic rings. The van der Waals surface area contributed by atoms with Crippen LogP contribution in [0.1, 0.15) is 5.56 Å². The standard InChI is InChI=1S/C9H11BrO2/c10-5-6-12-7-8-1-3-9(11)4-2-8/h1-4,11H,5-7H2. The number of aromatic hydroxyl groups is 1. The van der Waals surface area contributed by atoms with Crippen molar-refractivity contribution in [2.75, 3.05) is 11.9 Å². The van der Waals surface area contributed by atoms with Gasteiger partial charge in [-0.25, -0.2) is 0 Å². The van der Waals surface area contributed by atoms with Crippen molar-refractivity contribution in [3.63, 3.8) is 0 Å². The maximum atomic E-state index is 8.98. The minimum Gasteiger partial charge on any atom is -0.508 e. The van der Waals surface area contributed by atoms with Gasteiger partial charge in [-0.2, -0.15) is 0 Å². The molecule has 1 aromatic carbocycles. The van der Waals surface area contributed by atoms with E-state index in [0.29, 0.717) is 19.0 Å². The number of phenolic OH excluding ortho intramolecular Hbond substituents is 1. The lowest BCUT2D eigenvalue weighted by molar-refractivity contribution is 0.137. The third-order valence-electron chi connectivity index (χ3n) is 1.43. The molecule has 0 saturated carbocycles. The predicted octanol–water partition coefficient (Wildman–Crippen LogP) is 2.30. The first-order valence-electron chi connectivity index (χ1n) is 3.74. The third-order valence-corrected chi connectivity index (χ3v) is 1.75. The summed E-state index contributed by atoms with van der Waals surface area (Å²) in [5.74, 6) is 0.291. The zero-order valence-corrected chi connectivity index (χ0v) is 8.25. The second-order valence-electron chi connectivity index (χ2n) is 2.41. The van der Waals surface area contributed by atoms with Crippen LogP contribution in [0.5, 0.6) is 5.75 Å². The molecule has 0 radical (unpaired) electrons. The number of phenols is 1. The van der Waals surface area contributed by atoms with Crippen LogP contribution in [0.15, 0.2) is 24.3 Å². The largest absolute Gasteiger partial charge is 0.508 e. The van der Waals surface area contributed by atoms with Crippen LogP contribution in [0.2, 0.25) is 0 Å². The Labute approximate surface area is 80.3 Å². The average Bonchev–Trinajstić information content (AvgIpc) is 2.09. The van der Waals surface area contributed by atoms with Crippen molar-refractivity contribution in [1.82, 2.24) is 0 Å². The molecule has 0 unspecified atom stereocenters. The maximum Gasteiger partial charge on any atom is 0.115 e. The quantitative estimate of drug-likeness (QED) is 0.636. The van der Waals surface area contributed by atoms with Crippen LogP contribution >= 0.6 is 15.9 Å². The highest BCUT2D eigenvalue weighted by Gasteiger charge is 1.92. The van der Waals surface area contributed by atoms with Crippen molar-refractivity contribution in [2.45, 2.75) is 6.61 Å². The van der Waals surface area contributed by atoms with E-state index in [1.807, 2.05) is 12.1 Å². The smallest absolute Gasteiger partial charge is 0.115 e. The van der Waals surface area contributed by atoms with E-state index in [1.54, 1.807) is 12.1 Å². The van der Waals surface area contributed by atoms with E-state index >= 15 is 0 Å². The summed E-state index contributed by atoms with van der Waals surface area (Å²) < 4.78 is 5.28. The van der Waals surface area contributed by atoms with Crippen molar-refractivity contribution in [2.24, 2.45) is 0 Å². The van der Waals surface area contributed by atoms with Gasteiger partial charge in [0.15, 0.2) is 0 Å². The minimum absolute atomic E-state index is 0.291. The summed E-state index contributed by atoms with van der Waals surface area (Å²) in [6.45, 7) is 1.31. The highest BCUT2D eigenvalue weighted by atomic mass is 79.9. The van der Waals surface area contributed by atoms with Gasteiger partial charge in [0, 0.05) is 5.33 Å². The van der Waals surface area contributed by atoms with E-state index in [1.165, 1.54) is 0 Å². The molecule has 0 spiro atoms. The van der Waals surface area contributed by atoms with Gasteiger partial charge in [0.2, 0.25) is 0 Å². The lowest BCUT2D eigenvalue weighted by Gasteiger charge is -2.01. The molecule has 0 aliphatic carbocycles. The molecule has 0 bridgehead atoms. The Hall–Kier alpha value is -0.540. The lowest BCUT2D eigenvalue weighted by atomic mass is 10.2. The van der Waals surface area contributed by atoms with Crippen LogP contribution in [0.4, 0.5) is 0 Å². The summed E-state index contributed by atoms with van der Waals surface area (Å²) in [5.41, 5.74) is 1.08. The number of hydrogen-bond acceptors (Lipinski definition) is 2. The highest BCUT2D eigenvalue weighted by molar-refractivity contribution is 9.09. The van der Waals surface area contributed by atoms with E-state index in [2.05, 4.69) is 15.9 Å². The number of halogens is 1. The van der Waals surface area contributed by atoms with Crippen LogP contribution in [-0.2, 0) is 11.3 Å². The molecule has 3 heteroatoms. The molecule has 0 atom stereocenters. The van der Waals surface area contributed by atoms with Gasteiger partial charge in [0.25, 0.3) is 0 Å². The Morgan fingerprint density at radius 2 is 1.92 bits per heavy atom. The van der Waals surface area contributed by atoms with E-state index in [4.69, 9.17) is 9.84 Å². The third kappa shape index (κ3) is 3.24. The second-order valence-corrected chi connectivity index (χ2v) is 3.20. The molecule has 0 heterocycles. The fraction of sp³-hybridized carbons (Fsp3) is 0.333. The first-order valence-corrected chi connectivity index (χ1v) is 4.86. The van der Waals surface area contributed by atoms with Gasteiger partial charge < -0.3 is 9.84 Å². The number of benzene rings is 1. The van der Waals surface area contributed by atoms with E-state index in [-0.39, 0.29) is 0 Å². The summed E-state index contributed by atoms with van der Waals surface area (Å²) in [6.07, 6.45) is 0. The molecule has 0 saturated heterocycles. The number of rotatable bonds is 4. The summed E-state index contributed by atoms with van der Waals surface area (Å²) in [7, 11) is 0. The molecular formula is C9H11BrO2. The van der Waals surface area contributed by atoms with Gasteiger partial charge in [-0.3, -0.25) is 0 Å². The molecule has 0 amide bonds. The minimum atomic E-state index is 0.291. The highest BCUT2D eigenvalue weighted by Crippen LogP contribution is 2.10. The van der Waals surface area contributed by atoms with Crippen molar-refractivity contribution in [1.29, 1.82) is 0 Å². The van der Waals surface area contributed by atoms with Gasteiger partial charge in [-0.05, 0) is 17.7 Å². The molecule has 1 N–H and O–H groups in total. The summed E-state index contributed by atoms with van der Waals surface area (Å²) in [5, 5.41) is 9.83. The molecule has 66 valence electrons. The number of ether oxygens (including phenoxy) is 1. The lowest BCUT2D eigenvalue weighted by Crippen LogP contribution is -1.95. The molecule has 12 heavy (non-hydrogen) atoms. The normalized spacial score (nSPS) is 10.1. The van der Waals surface area contributed by atoms with E-state index in [0.717, 1.165) is 10.9 Å². The molecule has 2 nitrogen and oxygen atoms in total. The first kappa shape index (κ1) is 9.55. The molecule has 0 aliphatic heterocycles. The van der Waals surface area contributed by atoms with Crippen molar-refractivity contribution >= 4 is 15.9 Å². The van der Waals surface area contributed by atoms with E-state index in [9.17, 15) is 0 Å². The van der Waals surface area contributed by atoms with Gasteiger partial charge in [-0.1, -0.05) is 28.1 Å². The Bertz CT molecular complexity index is 220. The van der Waals surface area contributed by atoms with Gasteiger partial charge >= 0.3 is 0 Å². The number of alkyl halides is 1. The van der Waals surface area contributed by atoms with Crippen LogP contribution in [0.3, 0.4) is 0 Å². The monoisotopic (exact) mass is 230 g/mol. The topological polar surface area (TPSA) is 29.5 Å². The molecule has 1 rings (SSSR count). The zero-order valence-electron chi connectivity index (χ0n) is 6.66. The van der Waals surface area contributed by atoms with Crippen molar-refractivity contribution < 1.29 is 9.84 Å². The molecule has 0 aromatic heterocycles. The average molecular weight is 231 g/mol. The Balaban J connectivity index is 2.37. The van der Waals surface area contributed by atoms with Crippen molar-refractivity contribution in [3.05, 3.63) is 29.8 Å². The maximum absolute atomic E-state index is 8.98. The molecule has 0 fully saturated rings. The van der Waals surface area contributed by atoms with Crippen molar-refractivity contribution in [3.8, 4) is 5.75 Å². The van der Waals surface area contributed by atoms with Gasteiger partial charge in [-0.15, -0.1) is 0 Å². The number of hydrogen-bond donors (Lipinski definition) is 1. The molecule has 1 aromatic rings. The Morgan fingerprint density at radius 1 is 1.25 bits per heavy atom. The fourth-order valence-corrected chi connectivity index (χ4v) is 1.07. The van der Waals surface area contributed by atoms with Crippen LogP contribution in [0, 0.1) is 0 Å². The molecular weight excluding hydrogens is 220 g/mol. The summed E-state index contributed by atoms with van der Waals surface area (Å²) in [6, 6.07) is 7.02. The zero-order chi connectivity index (χ0) is 8.81. The van der Waals surface area contributed by atoms with Gasteiger partial charge in [0.05, 0.1) is 13.2 Å². The fourth-order valence-electron chi connectivity index (χ4n) is 0.837. The SMILES string of the molecule is Oc1ccc(COCCBr)cc1. The van der Waals surface area contributed by atoms with Crippen LogP contribution in [0.25, 0.3) is 0 Å². The Morgan fingerprint density at radius 3 is 2.50 bits per heavy atom. The van der Waals surface area contributed by atoms with Gasteiger partial charge in [0.1, 0.15) is 5.75 Å². The van der Waals surface area contributed by atoms with E-state index < -0.39 is 0 Å².